The van der Waals surface area contributed by atoms with E-state index in [9.17, 15) is 9.59 Å². The minimum absolute atomic E-state index is 0.137. The molecule has 0 saturated heterocycles. The second-order valence-electron chi connectivity index (χ2n) is 2.90. The quantitative estimate of drug-likeness (QED) is 0.778. The van der Waals surface area contributed by atoms with Crippen LogP contribution >= 0.6 is 11.6 Å². The molecule has 0 atom stereocenters. The number of rotatable bonds is 4. The summed E-state index contributed by atoms with van der Waals surface area (Å²) in [5, 5.41) is 5.21. The SMILES string of the molecule is CNC(=O)CCNC(=O)c1cnc(Cl)cn1. The molecule has 0 aromatic carbocycles. The van der Waals surface area contributed by atoms with Crippen molar-refractivity contribution >= 4 is 23.4 Å². The summed E-state index contributed by atoms with van der Waals surface area (Å²) < 4.78 is 0. The van der Waals surface area contributed by atoms with Gasteiger partial charge in [-0.15, -0.1) is 0 Å². The van der Waals surface area contributed by atoms with Crippen LogP contribution in [0, 0.1) is 0 Å². The van der Waals surface area contributed by atoms with Gasteiger partial charge in [0.05, 0.1) is 12.4 Å². The van der Waals surface area contributed by atoms with E-state index in [1.54, 1.807) is 0 Å². The Hall–Kier alpha value is -1.69. The molecule has 0 aliphatic carbocycles. The van der Waals surface area contributed by atoms with Crippen molar-refractivity contribution in [3.05, 3.63) is 23.2 Å². The van der Waals surface area contributed by atoms with E-state index in [-0.39, 0.29) is 35.6 Å². The molecule has 1 aromatic heterocycles. The van der Waals surface area contributed by atoms with Crippen molar-refractivity contribution in [1.29, 1.82) is 0 Å². The molecular formula is C9H11ClN4O2. The Morgan fingerprint density at radius 3 is 2.69 bits per heavy atom. The Kier molecular flexibility index (Phi) is 4.65. The Morgan fingerprint density at radius 1 is 1.38 bits per heavy atom. The van der Waals surface area contributed by atoms with Crippen LogP contribution in [0.3, 0.4) is 0 Å². The summed E-state index contributed by atoms with van der Waals surface area (Å²) in [6.07, 6.45) is 2.79. The van der Waals surface area contributed by atoms with Crippen LogP contribution in [0.5, 0.6) is 0 Å². The van der Waals surface area contributed by atoms with Crippen molar-refractivity contribution in [3.8, 4) is 0 Å². The molecule has 0 fully saturated rings. The summed E-state index contributed by atoms with van der Waals surface area (Å²) in [5.74, 6) is -0.518. The summed E-state index contributed by atoms with van der Waals surface area (Å²) in [5.41, 5.74) is 0.168. The fourth-order valence-electron chi connectivity index (χ4n) is 0.935. The van der Waals surface area contributed by atoms with E-state index >= 15 is 0 Å². The topological polar surface area (TPSA) is 84.0 Å². The Labute approximate surface area is 97.4 Å². The maximum Gasteiger partial charge on any atom is 0.271 e. The number of aromatic nitrogens is 2. The second kappa shape index (κ2) is 6.02. The van der Waals surface area contributed by atoms with Crippen molar-refractivity contribution in [3.63, 3.8) is 0 Å². The van der Waals surface area contributed by atoms with E-state index in [0.717, 1.165) is 0 Å². The number of hydrogen-bond donors (Lipinski definition) is 2. The zero-order valence-corrected chi connectivity index (χ0v) is 9.41. The lowest BCUT2D eigenvalue weighted by atomic mass is 10.3. The van der Waals surface area contributed by atoms with Crippen molar-refractivity contribution in [2.24, 2.45) is 0 Å². The number of amides is 2. The van der Waals surface area contributed by atoms with Gasteiger partial charge < -0.3 is 10.6 Å². The highest BCUT2D eigenvalue weighted by atomic mass is 35.5. The van der Waals surface area contributed by atoms with Crippen LogP contribution in [0.15, 0.2) is 12.4 Å². The lowest BCUT2D eigenvalue weighted by Crippen LogP contribution is -2.29. The molecule has 1 heterocycles. The first kappa shape index (κ1) is 12.4. The molecule has 2 amide bonds. The van der Waals surface area contributed by atoms with Crippen molar-refractivity contribution in [2.45, 2.75) is 6.42 Å². The van der Waals surface area contributed by atoms with Crippen LogP contribution in [0.2, 0.25) is 5.15 Å². The zero-order chi connectivity index (χ0) is 12.0. The molecule has 0 bridgehead atoms. The van der Waals surface area contributed by atoms with E-state index in [1.807, 2.05) is 0 Å². The van der Waals surface area contributed by atoms with Gasteiger partial charge >= 0.3 is 0 Å². The third-order valence-electron chi connectivity index (χ3n) is 1.77. The van der Waals surface area contributed by atoms with Crippen LogP contribution in [0.1, 0.15) is 16.9 Å². The molecular weight excluding hydrogens is 232 g/mol. The third-order valence-corrected chi connectivity index (χ3v) is 1.96. The van der Waals surface area contributed by atoms with Crippen LogP contribution < -0.4 is 10.6 Å². The van der Waals surface area contributed by atoms with E-state index in [2.05, 4.69) is 20.6 Å². The van der Waals surface area contributed by atoms with Crippen molar-refractivity contribution < 1.29 is 9.59 Å². The molecule has 86 valence electrons. The van der Waals surface area contributed by atoms with Crippen LogP contribution in [-0.4, -0.2) is 35.4 Å². The Bertz CT molecular complexity index is 380. The molecule has 6 nitrogen and oxygen atoms in total. The first-order valence-corrected chi connectivity index (χ1v) is 4.97. The predicted molar refractivity (Wildman–Crippen MR) is 58.1 cm³/mol. The monoisotopic (exact) mass is 242 g/mol. The second-order valence-corrected chi connectivity index (χ2v) is 3.29. The molecule has 7 heteroatoms. The molecule has 0 radical (unpaired) electrons. The Balaban J connectivity index is 2.41. The van der Waals surface area contributed by atoms with Gasteiger partial charge in [0, 0.05) is 20.0 Å². The third kappa shape index (κ3) is 3.82. The molecule has 16 heavy (non-hydrogen) atoms. The fraction of sp³-hybridized carbons (Fsp3) is 0.333. The number of halogens is 1. The van der Waals surface area contributed by atoms with Crippen LogP contribution in [0.4, 0.5) is 0 Å². The normalized spacial score (nSPS) is 9.62. The van der Waals surface area contributed by atoms with E-state index in [1.165, 1.54) is 19.4 Å². The zero-order valence-electron chi connectivity index (χ0n) is 8.66. The summed E-state index contributed by atoms with van der Waals surface area (Å²) in [4.78, 5) is 29.8. The molecule has 0 saturated carbocycles. The number of nitrogens with zero attached hydrogens (tertiary/aromatic N) is 2. The van der Waals surface area contributed by atoms with Gasteiger partial charge in [-0.3, -0.25) is 9.59 Å². The predicted octanol–water partition coefficient (Wildman–Crippen LogP) is -0.00410. The molecule has 0 aliphatic heterocycles. The summed E-state index contributed by atoms with van der Waals surface area (Å²) in [6.45, 7) is 0.253. The van der Waals surface area contributed by atoms with Gasteiger partial charge in [0.2, 0.25) is 5.91 Å². The van der Waals surface area contributed by atoms with Gasteiger partial charge in [-0.2, -0.15) is 0 Å². The summed E-state index contributed by atoms with van der Waals surface area (Å²) >= 11 is 5.52. The van der Waals surface area contributed by atoms with Crippen LogP contribution in [0.25, 0.3) is 0 Å². The van der Waals surface area contributed by atoms with E-state index in [0.29, 0.717) is 0 Å². The maximum absolute atomic E-state index is 11.4. The summed E-state index contributed by atoms with van der Waals surface area (Å²) in [7, 11) is 1.54. The highest BCUT2D eigenvalue weighted by Gasteiger charge is 2.07. The van der Waals surface area contributed by atoms with Gasteiger partial charge in [0.15, 0.2) is 0 Å². The van der Waals surface area contributed by atoms with E-state index < -0.39 is 0 Å². The smallest absolute Gasteiger partial charge is 0.271 e. The van der Waals surface area contributed by atoms with Gasteiger partial charge in [-0.1, -0.05) is 11.6 Å². The molecule has 0 unspecified atom stereocenters. The van der Waals surface area contributed by atoms with Crippen LogP contribution in [-0.2, 0) is 4.79 Å². The minimum Gasteiger partial charge on any atom is -0.359 e. The average molecular weight is 243 g/mol. The highest BCUT2D eigenvalue weighted by Crippen LogP contribution is 2.00. The molecule has 0 aliphatic rings. The fourth-order valence-corrected chi connectivity index (χ4v) is 1.03. The number of nitrogens with one attached hydrogen (secondary N) is 2. The summed E-state index contributed by atoms with van der Waals surface area (Å²) in [6, 6.07) is 0. The van der Waals surface area contributed by atoms with Gasteiger partial charge in [-0.25, -0.2) is 9.97 Å². The van der Waals surface area contributed by atoms with Crippen molar-refractivity contribution in [2.75, 3.05) is 13.6 Å². The average Bonchev–Trinajstić information content (AvgIpc) is 2.29. The lowest BCUT2D eigenvalue weighted by Gasteiger charge is -2.03. The molecule has 0 spiro atoms. The molecule has 1 rings (SSSR count). The molecule has 1 aromatic rings. The standard InChI is InChI=1S/C9H11ClN4O2/c1-11-8(15)2-3-12-9(16)6-4-14-7(10)5-13-6/h4-5H,2-3H2,1H3,(H,11,15)(H,12,16). The largest absolute Gasteiger partial charge is 0.359 e. The molecule has 2 N–H and O–H groups in total. The number of carbonyl (C=O) groups is 2. The number of carbonyl (C=O) groups excluding carboxylic acids is 2. The van der Waals surface area contributed by atoms with E-state index in [4.69, 9.17) is 11.6 Å². The first-order chi connectivity index (χ1) is 7.63. The Morgan fingerprint density at radius 2 is 2.12 bits per heavy atom. The van der Waals surface area contributed by atoms with Gasteiger partial charge in [0.1, 0.15) is 10.8 Å². The van der Waals surface area contributed by atoms with Gasteiger partial charge in [-0.05, 0) is 0 Å². The lowest BCUT2D eigenvalue weighted by molar-refractivity contribution is -0.120. The van der Waals surface area contributed by atoms with Crippen molar-refractivity contribution in [1.82, 2.24) is 20.6 Å². The van der Waals surface area contributed by atoms with Gasteiger partial charge in [0.25, 0.3) is 5.91 Å². The minimum atomic E-state index is -0.381. The maximum atomic E-state index is 11.4. The first-order valence-electron chi connectivity index (χ1n) is 4.60. The number of hydrogen-bond acceptors (Lipinski definition) is 4. The highest BCUT2D eigenvalue weighted by molar-refractivity contribution is 6.29.